The number of rotatable bonds is 2. The van der Waals surface area contributed by atoms with Crippen molar-refractivity contribution in [1.29, 1.82) is 0 Å². The van der Waals surface area contributed by atoms with Crippen molar-refractivity contribution in [2.45, 2.75) is 42.5 Å². The number of carbonyl (C=O) groups is 1. The summed E-state index contributed by atoms with van der Waals surface area (Å²) in [5.41, 5.74) is -0.141. The van der Waals surface area contributed by atoms with Crippen LogP contribution in [0, 0.1) is 0 Å². The van der Waals surface area contributed by atoms with E-state index in [9.17, 15) is 13.2 Å². The van der Waals surface area contributed by atoms with Crippen LogP contribution >= 0.6 is 0 Å². The second-order valence-corrected chi connectivity index (χ2v) is 8.19. The van der Waals surface area contributed by atoms with Crippen LogP contribution < -0.4 is 0 Å². The Morgan fingerprint density at radius 2 is 1.77 bits per heavy atom. The molecule has 2 aliphatic rings. The second kappa shape index (κ2) is 5.66. The molecule has 120 valence electrons. The monoisotopic (exact) mass is 322 g/mol. The molecule has 0 unspecified atom stereocenters. The van der Waals surface area contributed by atoms with Crippen LogP contribution in [-0.4, -0.2) is 49.2 Å². The van der Waals surface area contributed by atoms with Gasteiger partial charge in [0.1, 0.15) is 0 Å². The van der Waals surface area contributed by atoms with E-state index in [1.165, 1.54) is 0 Å². The van der Waals surface area contributed by atoms with E-state index >= 15 is 0 Å². The predicted octanol–water partition coefficient (Wildman–Crippen LogP) is 1.85. The van der Waals surface area contributed by atoms with Crippen LogP contribution in [0.1, 0.15) is 32.1 Å². The number of likely N-dealkylation sites (tertiary alicyclic amines) is 1. The van der Waals surface area contributed by atoms with Gasteiger partial charge in [0.15, 0.2) is 0 Å². The van der Waals surface area contributed by atoms with Gasteiger partial charge in [-0.2, -0.15) is 4.31 Å². The van der Waals surface area contributed by atoms with E-state index in [1.807, 2.05) is 18.0 Å². The summed E-state index contributed by atoms with van der Waals surface area (Å²) in [6, 6.07) is 8.59. The molecule has 2 heterocycles. The fraction of sp³-hybridized carbons (Fsp3) is 0.562. The van der Waals surface area contributed by atoms with E-state index in [0.29, 0.717) is 24.4 Å². The van der Waals surface area contributed by atoms with Gasteiger partial charge >= 0.3 is 0 Å². The van der Waals surface area contributed by atoms with Gasteiger partial charge in [-0.25, -0.2) is 8.42 Å². The van der Waals surface area contributed by atoms with Gasteiger partial charge in [-0.1, -0.05) is 18.2 Å². The molecule has 5 nitrogen and oxygen atoms in total. The molecule has 2 saturated heterocycles. The minimum atomic E-state index is -3.43. The van der Waals surface area contributed by atoms with Crippen molar-refractivity contribution in [3.63, 3.8) is 0 Å². The molecule has 0 N–H and O–H groups in total. The second-order valence-electron chi connectivity index (χ2n) is 6.25. The molecule has 22 heavy (non-hydrogen) atoms. The summed E-state index contributed by atoms with van der Waals surface area (Å²) in [6.07, 6.45) is 3.84. The van der Waals surface area contributed by atoms with Gasteiger partial charge in [0.05, 0.1) is 4.90 Å². The molecule has 2 aliphatic heterocycles. The van der Waals surface area contributed by atoms with Crippen LogP contribution in [0.25, 0.3) is 0 Å². The first-order chi connectivity index (χ1) is 10.5. The number of hydrogen-bond acceptors (Lipinski definition) is 3. The summed E-state index contributed by atoms with van der Waals surface area (Å²) < 4.78 is 27.0. The third kappa shape index (κ3) is 2.54. The molecule has 6 heteroatoms. The van der Waals surface area contributed by atoms with Crippen molar-refractivity contribution in [3.05, 3.63) is 30.3 Å². The van der Waals surface area contributed by atoms with Crippen molar-refractivity contribution in [2.24, 2.45) is 0 Å². The third-order valence-electron chi connectivity index (χ3n) is 5.15. The highest BCUT2D eigenvalue weighted by atomic mass is 32.2. The molecule has 0 bridgehead atoms. The molecule has 1 aromatic carbocycles. The highest BCUT2D eigenvalue weighted by Crippen LogP contribution is 2.38. The maximum absolute atomic E-state index is 12.7. The van der Waals surface area contributed by atoms with E-state index in [-0.39, 0.29) is 11.4 Å². The summed E-state index contributed by atoms with van der Waals surface area (Å²) in [4.78, 5) is 14.1. The molecule has 2 fully saturated rings. The minimum absolute atomic E-state index is 0.141. The maximum atomic E-state index is 12.7. The van der Waals surface area contributed by atoms with Crippen LogP contribution in [-0.2, 0) is 14.8 Å². The summed E-state index contributed by atoms with van der Waals surface area (Å²) >= 11 is 0. The molecule has 1 amide bonds. The molecule has 1 atom stereocenters. The van der Waals surface area contributed by atoms with Gasteiger partial charge in [-0.05, 0) is 37.8 Å². The van der Waals surface area contributed by atoms with Crippen LogP contribution in [0.5, 0.6) is 0 Å². The van der Waals surface area contributed by atoms with Gasteiger partial charge in [0.25, 0.3) is 0 Å². The molecule has 0 radical (unpaired) electrons. The Balaban J connectivity index is 1.80. The number of benzene rings is 1. The van der Waals surface area contributed by atoms with Crippen molar-refractivity contribution in [1.82, 2.24) is 9.21 Å². The van der Waals surface area contributed by atoms with Crippen molar-refractivity contribution >= 4 is 15.9 Å². The van der Waals surface area contributed by atoms with Crippen molar-refractivity contribution < 1.29 is 13.2 Å². The van der Waals surface area contributed by atoms with Gasteiger partial charge in [0.2, 0.25) is 15.9 Å². The Hall–Kier alpha value is -1.40. The topological polar surface area (TPSA) is 57.7 Å². The Kier molecular flexibility index (Phi) is 3.99. The Morgan fingerprint density at radius 1 is 1.05 bits per heavy atom. The van der Waals surface area contributed by atoms with E-state index < -0.39 is 10.0 Å². The SMILES string of the molecule is CN1C(=O)CC[C@]12CCCN(S(=O)(=O)c1ccccc1)CC2. The average Bonchev–Trinajstić information content (AvgIpc) is 2.71. The molecule has 1 spiro atoms. The first kappa shape index (κ1) is 15.5. The van der Waals surface area contributed by atoms with E-state index in [2.05, 4.69) is 0 Å². The van der Waals surface area contributed by atoms with Gasteiger partial charge in [0, 0.05) is 32.1 Å². The van der Waals surface area contributed by atoms with E-state index in [0.717, 1.165) is 25.7 Å². The predicted molar refractivity (Wildman–Crippen MR) is 83.8 cm³/mol. The third-order valence-corrected chi connectivity index (χ3v) is 7.06. The number of sulfonamides is 1. The lowest BCUT2D eigenvalue weighted by Crippen LogP contribution is -2.44. The zero-order valence-corrected chi connectivity index (χ0v) is 13.7. The smallest absolute Gasteiger partial charge is 0.243 e. The maximum Gasteiger partial charge on any atom is 0.243 e. The zero-order valence-electron chi connectivity index (χ0n) is 12.9. The average molecular weight is 322 g/mol. The highest BCUT2D eigenvalue weighted by Gasteiger charge is 2.44. The molecule has 0 saturated carbocycles. The fourth-order valence-electron chi connectivity index (χ4n) is 3.66. The molecule has 0 aromatic heterocycles. The summed E-state index contributed by atoms with van der Waals surface area (Å²) in [5, 5.41) is 0. The van der Waals surface area contributed by atoms with E-state index in [4.69, 9.17) is 0 Å². The largest absolute Gasteiger partial charge is 0.340 e. The Labute approximate surface area is 132 Å². The summed E-state index contributed by atoms with van der Waals surface area (Å²) in [7, 11) is -1.57. The molecule has 0 aliphatic carbocycles. The molecule has 1 aromatic rings. The number of hydrogen-bond donors (Lipinski definition) is 0. The first-order valence-electron chi connectivity index (χ1n) is 7.78. The Morgan fingerprint density at radius 3 is 2.41 bits per heavy atom. The lowest BCUT2D eigenvalue weighted by molar-refractivity contribution is -0.129. The highest BCUT2D eigenvalue weighted by molar-refractivity contribution is 7.89. The molecular weight excluding hydrogens is 300 g/mol. The molecular formula is C16H22N2O3S. The van der Waals surface area contributed by atoms with Gasteiger partial charge < -0.3 is 4.90 Å². The number of amides is 1. The number of nitrogens with zero attached hydrogens (tertiary/aromatic N) is 2. The fourth-order valence-corrected chi connectivity index (χ4v) is 5.16. The lowest BCUT2D eigenvalue weighted by Gasteiger charge is -2.35. The standard InChI is InChI=1S/C16H22N2O3S/c1-17-15(19)8-10-16(17)9-5-12-18(13-11-16)22(20,21)14-6-3-2-4-7-14/h2-4,6-7H,5,8-13H2,1H3/t16-/m0/s1. The van der Waals surface area contributed by atoms with Crippen LogP contribution in [0.3, 0.4) is 0 Å². The first-order valence-corrected chi connectivity index (χ1v) is 9.22. The van der Waals surface area contributed by atoms with Crippen molar-refractivity contribution in [2.75, 3.05) is 20.1 Å². The van der Waals surface area contributed by atoms with Crippen LogP contribution in [0.2, 0.25) is 0 Å². The lowest BCUT2D eigenvalue weighted by atomic mass is 9.88. The van der Waals surface area contributed by atoms with Crippen LogP contribution in [0.15, 0.2) is 35.2 Å². The summed E-state index contributed by atoms with van der Waals surface area (Å²) in [6.45, 7) is 1.01. The van der Waals surface area contributed by atoms with Gasteiger partial charge in [-0.3, -0.25) is 4.79 Å². The minimum Gasteiger partial charge on any atom is -0.340 e. The van der Waals surface area contributed by atoms with Crippen molar-refractivity contribution in [3.8, 4) is 0 Å². The zero-order chi connectivity index (χ0) is 15.8. The Bertz CT molecular complexity index is 659. The van der Waals surface area contributed by atoms with Gasteiger partial charge in [-0.15, -0.1) is 0 Å². The van der Waals surface area contributed by atoms with Crippen LogP contribution in [0.4, 0.5) is 0 Å². The number of carbonyl (C=O) groups excluding carboxylic acids is 1. The normalized spacial score (nSPS) is 27.3. The quantitative estimate of drug-likeness (QED) is 0.835. The van der Waals surface area contributed by atoms with E-state index in [1.54, 1.807) is 28.6 Å². The summed E-state index contributed by atoms with van der Waals surface area (Å²) in [5.74, 6) is 0.180. The molecule has 3 rings (SSSR count).